The second kappa shape index (κ2) is 7.22. The molecule has 6 nitrogen and oxygen atoms in total. The minimum Gasteiger partial charge on any atom is -0.299 e. The Morgan fingerprint density at radius 1 is 0.826 bits per heavy atom. The standard InChI is InChI=1S/C17H13NO5/c19-13(10-16(20)12-6-2-1-3-7-12)11-17(21)14-8-4-5-9-15(14)18(22)23/h1-9H,10-11H2. The van der Waals surface area contributed by atoms with Crippen molar-refractivity contribution < 1.29 is 19.3 Å². The molecule has 0 aliphatic carbocycles. The third-order valence-corrected chi connectivity index (χ3v) is 3.21. The fraction of sp³-hybridized carbons (Fsp3) is 0.118. The summed E-state index contributed by atoms with van der Waals surface area (Å²) in [6.07, 6.45) is -0.945. The van der Waals surface area contributed by atoms with Crippen LogP contribution in [0.15, 0.2) is 54.6 Å². The van der Waals surface area contributed by atoms with Crippen LogP contribution in [0.3, 0.4) is 0 Å². The summed E-state index contributed by atoms with van der Waals surface area (Å²) in [7, 11) is 0. The molecule has 6 heteroatoms. The van der Waals surface area contributed by atoms with Crippen LogP contribution in [0.2, 0.25) is 0 Å². The second-order valence-corrected chi connectivity index (χ2v) is 4.88. The second-order valence-electron chi connectivity index (χ2n) is 4.88. The van der Waals surface area contributed by atoms with E-state index in [0.717, 1.165) is 0 Å². The smallest absolute Gasteiger partial charge is 0.280 e. The number of ketones is 3. The number of carbonyl (C=O) groups is 3. The van der Waals surface area contributed by atoms with Gasteiger partial charge < -0.3 is 0 Å². The van der Waals surface area contributed by atoms with E-state index in [9.17, 15) is 24.5 Å². The minimum absolute atomic E-state index is 0.127. The van der Waals surface area contributed by atoms with Gasteiger partial charge in [-0.2, -0.15) is 0 Å². The lowest BCUT2D eigenvalue weighted by atomic mass is 10.00. The van der Waals surface area contributed by atoms with E-state index < -0.39 is 29.3 Å². The van der Waals surface area contributed by atoms with Gasteiger partial charge in [-0.3, -0.25) is 24.5 Å². The van der Waals surface area contributed by atoms with Crippen LogP contribution in [0.1, 0.15) is 33.6 Å². The maximum atomic E-state index is 12.1. The van der Waals surface area contributed by atoms with Crippen LogP contribution in [0.25, 0.3) is 0 Å². The molecule has 0 heterocycles. The van der Waals surface area contributed by atoms with Crippen LogP contribution < -0.4 is 0 Å². The number of hydrogen-bond acceptors (Lipinski definition) is 5. The molecule has 0 aromatic heterocycles. The lowest BCUT2D eigenvalue weighted by Crippen LogP contribution is -2.14. The molecule has 0 bridgehead atoms. The van der Waals surface area contributed by atoms with E-state index in [2.05, 4.69) is 0 Å². The van der Waals surface area contributed by atoms with E-state index in [0.29, 0.717) is 5.56 Å². The molecule has 0 aliphatic heterocycles. The molecule has 2 aromatic carbocycles. The van der Waals surface area contributed by atoms with E-state index in [-0.39, 0.29) is 17.0 Å². The van der Waals surface area contributed by atoms with Gasteiger partial charge in [0.2, 0.25) is 0 Å². The van der Waals surface area contributed by atoms with Crippen molar-refractivity contribution in [2.45, 2.75) is 12.8 Å². The zero-order valence-corrected chi connectivity index (χ0v) is 12.1. The Kier molecular flexibility index (Phi) is 5.09. The Hall–Kier alpha value is -3.15. The van der Waals surface area contributed by atoms with Crippen LogP contribution in [-0.2, 0) is 4.79 Å². The predicted octanol–water partition coefficient (Wildman–Crippen LogP) is 3.01. The number of hydrogen-bond donors (Lipinski definition) is 0. The van der Waals surface area contributed by atoms with Crippen molar-refractivity contribution in [3.05, 3.63) is 75.8 Å². The summed E-state index contributed by atoms with van der Waals surface area (Å²) in [6, 6.07) is 13.7. The Bertz CT molecular complexity index is 768. The van der Waals surface area contributed by atoms with Gasteiger partial charge in [0.15, 0.2) is 11.6 Å². The highest BCUT2D eigenvalue weighted by Crippen LogP contribution is 2.19. The summed E-state index contributed by atoms with van der Waals surface area (Å²) in [5, 5.41) is 10.9. The molecular formula is C17H13NO5. The number of nitro groups is 1. The molecule has 0 radical (unpaired) electrons. The van der Waals surface area contributed by atoms with Crippen LogP contribution >= 0.6 is 0 Å². The average Bonchev–Trinajstić information content (AvgIpc) is 2.55. The molecule has 0 atom stereocenters. The third-order valence-electron chi connectivity index (χ3n) is 3.21. The molecule has 116 valence electrons. The number of para-hydroxylation sites is 1. The topological polar surface area (TPSA) is 94.3 Å². The first-order chi connectivity index (χ1) is 11.0. The van der Waals surface area contributed by atoms with Crippen molar-refractivity contribution in [2.75, 3.05) is 0 Å². The number of nitro benzene ring substituents is 1. The lowest BCUT2D eigenvalue weighted by molar-refractivity contribution is -0.385. The van der Waals surface area contributed by atoms with Crippen LogP contribution in [0.5, 0.6) is 0 Å². The molecule has 0 aliphatic rings. The molecule has 0 spiro atoms. The lowest BCUT2D eigenvalue weighted by Gasteiger charge is -2.02. The Morgan fingerprint density at radius 3 is 2.04 bits per heavy atom. The molecular weight excluding hydrogens is 298 g/mol. The van der Waals surface area contributed by atoms with Crippen LogP contribution in [-0.4, -0.2) is 22.3 Å². The van der Waals surface area contributed by atoms with E-state index in [4.69, 9.17) is 0 Å². The summed E-state index contributed by atoms with van der Waals surface area (Å²) in [5.41, 5.74) is -0.0864. The Balaban J connectivity index is 2.05. The van der Waals surface area contributed by atoms with Gasteiger partial charge in [0, 0.05) is 11.6 Å². The van der Waals surface area contributed by atoms with Crippen molar-refractivity contribution >= 4 is 23.0 Å². The fourth-order valence-electron chi connectivity index (χ4n) is 2.11. The zero-order valence-electron chi connectivity index (χ0n) is 12.1. The van der Waals surface area contributed by atoms with Gasteiger partial charge in [-0.15, -0.1) is 0 Å². The normalized spacial score (nSPS) is 10.1. The van der Waals surface area contributed by atoms with Gasteiger partial charge >= 0.3 is 0 Å². The first kappa shape index (κ1) is 16.2. The summed E-state index contributed by atoms with van der Waals surface area (Å²) >= 11 is 0. The first-order valence-electron chi connectivity index (χ1n) is 6.85. The monoisotopic (exact) mass is 311 g/mol. The Labute approximate surface area is 131 Å². The summed E-state index contributed by atoms with van der Waals surface area (Å²) in [5.74, 6) is -1.61. The molecule has 0 unspecified atom stereocenters. The molecule has 2 rings (SSSR count). The van der Waals surface area contributed by atoms with Gasteiger partial charge in [-0.05, 0) is 6.07 Å². The van der Waals surface area contributed by atoms with Crippen molar-refractivity contribution in [1.82, 2.24) is 0 Å². The van der Waals surface area contributed by atoms with E-state index >= 15 is 0 Å². The molecule has 0 saturated heterocycles. The van der Waals surface area contributed by atoms with Gasteiger partial charge in [-0.1, -0.05) is 42.5 Å². The Morgan fingerprint density at radius 2 is 1.39 bits per heavy atom. The number of benzene rings is 2. The summed E-state index contributed by atoms with van der Waals surface area (Å²) in [4.78, 5) is 46.1. The summed E-state index contributed by atoms with van der Waals surface area (Å²) < 4.78 is 0. The first-order valence-corrected chi connectivity index (χ1v) is 6.85. The highest BCUT2D eigenvalue weighted by Gasteiger charge is 2.22. The summed E-state index contributed by atoms with van der Waals surface area (Å²) in [6.45, 7) is 0. The van der Waals surface area contributed by atoms with Gasteiger partial charge in [0.05, 0.1) is 23.3 Å². The van der Waals surface area contributed by atoms with Gasteiger partial charge in [0.1, 0.15) is 5.78 Å². The van der Waals surface area contributed by atoms with Crippen molar-refractivity contribution in [3.8, 4) is 0 Å². The van der Waals surface area contributed by atoms with Gasteiger partial charge in [0.25, 0.3) is 5.69 Å². The highest BCUT2D eigenvalue weighted by atomic mass is 16.6. The SMILES string of the molecule is O=C(CC(=O)c1ccccc1)CC(=O)c1ccccc1[N+](=O)[O-]. The number of nitrogens with zero attached hydrogens (tertiary/aromatic N) is 1. The zero-order chi connectivity index (χ0) is 16.8. The van der Waals surface area contributed by atoms with E-state index in [1.54, 1.807) is 30.3 Å². The largest absolute Gasteiger partial charge is 0.299 e. The number of Topliss-reactive ketones (excluding diaryl/α,β-unsaturated/α-hetero) is 3. The maximum Gasteiger partial charge on any atom is 0.280 e. The molecule has 23 heavy (non-hydrogen) atoms. The van der Waals surface area contributed by atoms with Gasteiger partial charge in [-0.25, -0.2) is 0 Å². The fourth-order valence-corrected chi connectivity index (χ4v) is 2.11. The molecule has 2 aromatic rings. The van der Waals surface area contributed by atoms with Crippen molar-refractivity contribution in [3.63, 3.8) is 0 Å². The molecule has 0 saturated carbocycles. The number of carbonyl (C=O) groups excluding carboxylic acids is 3. The minimum atomic E-state index is -0.674. The molecule has 0 N–H and O–H groups in total. The molecule has 0 amide bonds. The van der Waals surface area contributed by atoms with Crippen LogP contribution in [0, 0.1) is 10.1 Å². The van der Waals surface area contributed by atoms with Crippen LogP contribution in [0.4, 0.5) is 5.69 Å². The third kappa shape index (κ3) is 4.16. The quantitative estimate of drug-likeness (QED) is 0.339. The van der Waals surface area contributed by atoms with E-state index in [1.165, 1.54) is 24.3 Å². The highest BCUT2D eigenvalue weighted by molar-refractivity contribution is 6.16. The average molecular weight is 311 g/mol. The molecule has 0 fully saturated rings. The van der Waals surface area contributed by atoms with Crippen molar-refractivity contribution in [1.29, 1.82) is 0 Å². The number of rotatable bonds is 7. The maximum absolute atomic E-state index is 12.1. The van der Waals surface area contributed by atoms with Crippen molar-refractivity contribution in [2.24, 2.45) is 0 Å². The van der Waals surface area contributed by atoms with E-state index in [1.807, 2.05) is 0 Å². The predicted molar refractivity (Wildman–Crippen MR) is 82.4 cm³/mol.